The quantitative estimate of drug-likeness (QED) is 0.914. The van der Waals surface area contributed by atoms with Crippen molar-refractivity contribution in [1.29, 1.82) is 5.26 Å². The van der Waals surface area contributed by atoms with Crippen LogP contribution in [-0.4, -0.2) is 11.1 Å². The Morgan fingerprint density at radius 2 is 1.75 bits per heavy atom. The summed E-state index contributed by atoms with van der Waals surface area (Å²) in [6.45, 7) is 0. The number of aromatic carboxylic acids is 1. The van der Waals surface area contributed by atoms with Crippen LogP contribution < -0.4 is 4.74 Å². The van der Waals surface area contributed by atoms with Crippen molar-refractivity contribution in [3.8, 4) is 17.6 Å². The minimum atomic E-state index is -1.18. The third kappa shape index (κ3) is 3.02. The molecule has 0 amide bonds. The number of rotatable bonds is 3. The summed E-state index contributed by atoms with van der Waals surface area (Å²) in [5.41, 5.74) is 0.155. The highest BCUT2D eigenvalue weighted by molar-refractivity contribution is 6.31. The van der Waals surface area contributed by atoms with Crippen LogP contribution in [0.4, 0.5) is 0 Å². The van der Waals surface area contributed by atoms with E-state index in [1.165, 1.54) is 30.3 Å². The lowest BCUT2D eigenvalue weighted by molar-refractivity contribution is 0.0694. The Balaban J connectivity index is 2.48. The van der Waals surface area contributed by atoms with Gasteiger partial charge < -0.3 is 9.84 Å². The molecule has 0 heterocycles. The molecule has 0 spiro atoms. The van der Waals surface area contributed by atoms with Crippen molar-refractivity contribution >= 4 is 29.2 Å². The summed E-state index contributed by atoms with van der Waals surface area (Å²) >= 11 is 11.6. The monoisotopic (exact) mass is 307 g/mol. The standard InChI is InChI=1S/C14H7Cl2NO3/c15-9-3-4-12(11(5-9)14(18)19)20-13-6-10(16)2-1-8(13)7-17/h1-6H,(H,18,19). The topological polar surface area (TPSA) is 70.3 Å². The van der Waals surface area contributed by atoms with E-state index in [1.54, 1.807) is 6.07 Å². The van der Waals surface area contributed by atoms with Crippen LogP contribution in [0.15, 0.2) is 36.4 Å². The minimum Gasteiger partial charge on any atom is -0.478 e. The number of carboxylic acid groups (broad SMARTS) is 1. The SMILES string of the molecule is N#Cc1ccc(Cl)cc1Oc1ccc(Cl)cc1C(=O)O. The summed E-state index contributed by atoms with van der Waals surface area (Å²) < 4.78 is 5.48. The van der Waals surface area contributed by atoms with Crippen LogP contribution in [0, 0.1) is 11.3 Å². The average molecular weight is 308 g/mol. The summed E-state index contributed by atoms with van der Waals surface area (Å²) in [5, 5.41) is 18.8. The first-order valence-electron chi connectivity index (χ1n) is 5.41. The van der Waals surface area contributed by atoms with Gasteiger partial charge in [0.05, 0.1) is 5.56 Å². The Morgan fingerprint density at radius 3 is 2.40 bits per heavy atom. The largest absolute Gasteiger partial charge is 0.478 e. The lowest BCUT2D eigenvalue weighted by Gasteiger charge is -2.10. The number of carbonyl (C=O) groups is 1. The lowest BCUT2D eigenvalue weighted by Crippen LogP contribution is -2.00. The van der Waals surface area contributed by atoms with E-state index >= 15 is 0 Å². The highest BCUT2D eigenvalue weighted by atomic mass is 35.5. The Morgan fingerprint density at radius 1 is 1.10 bits per heavy atom. The molecule has 0 aliphatic carbocycles. The molecule has 0 radical (unpaired) electrons. The van der Waals surface area contributed by atoms with Gasteiger partial charge in [0.25, 0.3) is 0 Å². The lowest BCUT2D eigenvalue weighted by atomic mass is 10.2. The molecule has 6 heteroatoms. The normalized spacial score (nSPS) is 9.85. The number of nitriles is 1. The molecule has 2 aromatic carbocycles. The van der Waals surface area contributed by atoms with Crippen LogP contribution in [0.1, 0.15) is 15.9 Å². The maximum Gasteiger partial charge on any atom is 0.339 e. The Bertz CT molecular complexity index is 723. The van der Waals surface area contributed by atoms with Gasteiger partial charge in [-0.15, -0.1) is 0 Å². The van der Waals surface area contributed by atoms with E-state index in [1.807, 2.05) is 6.07 Å². The van der Waals surface area contributed by atoms with Gasteiger partial charge in [-0.05, 0) is 30.3 Å². The fourth-order valence-electron chi connectivity index (χ4n) is 1.55. The third-order valence-electron chi connectivity index (χ3n) is 2.46. The minimum absolute atomic E-state index is 0.0840. The molecule has 1 N–H and O–H groups in total. The molecule has 0 fully saturated rings. The predicted molar refractivity (Wildman–Crippen MR) is 74.7 cm³/mol. The third-order valence-corrected chi connectivity index (χ3v) is 2.93. The molecule has 0 bridgehead atoms. The summed E-state index contributed by atoms with van der Waals surface area (Å²) in [6, 6.07) is 10.6. The zero-order valence-electron chi connectivity index (χ0n) is 9.93. The van der Waals surface area contributed by atoms with E-state index < -0.39 is 5.97 Å². The smallest absolute Gasteiger partial charge is 0.339 e. The van der Waals surface area contributed by atoms with Crippen LogP contribution in [0.25, 0.3) is 0 Å². The maximum absolute atomic E-state index is 11.2. The van der Waals surface area contributed by atoms with Gasteiger partial charge in [0.2, 0.25) is 0 Å². The van der Waals surface area contributed by atoms with Gasteiger partial charge in [-0.25, -0.2) is 4.79 Å². The van der Waals surface area contributed by atoms with Crippen LogP contribution in [0.2, 0.25) is 10.0 Å². The summed E-state index contributed by atoms with van der Waals surface area (Å²) in [7, 11) is 0. The number of halogens is 2. The maximum atomic E-state index is 11.2. The summed E-state index contributed by atoms with van der Waals surface area (Å²) in [5.74, 6) is -0.909. The van der Waals surface area contributed by atoms with Crippen molar-refractivity contribution in [3.05, 3.63) is 57.6 Å². The Kier molecular flexibility index (Phi) is 4.14. The molecular weight excluding hydrogens is 301 g/mol. The number of hydrogen-bond donors (Lipinski definition) is 1. The molecule has 0 unspecified atom stereocenters. The first kappa shape index (κ1) is 14.2. The predicted octanol–water partition coefficient (Wildman–Crippen LogP) is 4.36. The molecule has 0 atom stereocenters. The van der Waals surface area contributed by atoms with Crippen molar-refractivity contribution in [2.75, 3.05) is 0 Å². The Hall–Kier alpha value is -2.22. The Labute approximate surface area is 124 Å². The number of carboxylic acids is 1. The van der Waals surface area contributed by atoms with E-state index in [-0.39, 0.29) is 27.6 Å². The van der Waals surface area contributed by atoms with Gasteiger partial charge in [0.1, 0.15) is 23.1 Å². The number of benzene rings is 2. The first-order chi connectivity index (χ1) is 9.51. The van der Waals surface area contributed by atoms with Gasteiger partial charge in [-0.3, -0.25) is 0 Å². The van der Waals surface area contributed by atoms with E-state index in [0.29, 0.717) is 5.02 Å². The van der Waals surface area contributed by atoms with Crippen molar-refractivity contribution < 1.29 is 14.6 Å². The van der Waals surface area contributed by atoms with Crippen molar-refractivity contribution in [3.63, 3.8) is 0 Å². The van der Waals surface area contributed by atoms with Gasteiger partial charge in [-0.1, -0.05) is 23.2 Å². The number of hydrogen-bond acceptors (Lipinski definition) is 3. The zero-order chi connectivity index (χ0) is 14.7. The molecule has 100 valence electrons. The summed E-state index contributed by atoms with van der Waals surface area (Å²) in [6.07, 6.45) is 0. The molecule has 4 nitrogen and oxygen atoms in total. The number of ether oxygens (including phenoxy) is 1. The molecule has 2 rings (SSSR count). The molecular formula is C14H7Cl2NO3. The molecule has 0 aromatic heterocycles. The molecule has 0 saturated heterocycles. The zero-order valence-corrected chi connectivity index (χ0v) is 11.4. The van der Waals surface area contributed by atoms with E-state index in [9.17, 15) is 4.79 Å². The number of nitrogens with zero attached hydrogens (tertiary/aromatic N) is 1. The highest BCUT2D eigenvalue weighted by Crippen LogP contribution is 2.31. The van der Waals surface area contributed by atoms with Gasteiger partial charge in [0, 0.05) is 16.1 Å². The van der Waals surface area contributed by atoms with Crippen molar-refractivity contribution in [1.82, 2.24) is 0 Å². The fraction of sp³-hybridized carbons (Fsp3) is 0. The molecule has 0 aliphatic heterocycles. The van der Waals surface area contributed by atoms with Crippen LogP contribution in [0.5, 0.6) is 11.5 Å². The van der Waals surface area contributed by atoms with Crippen LogP contribution in [-0.2, 0) is 0 Å². The van der Waals surface area contributed by atoms with Crippen molar-refractivity contribution in [2.24, 2.45) is 0 Å². The molecule has 0 aliphatic rings. The average Bonchev–Trinajstić information content (AvgIpc) is 2.41. The summed E-state index contributed by atoms with van der Waals surface area (Å²) in [4.78, 5) is 11.2. The second kappa shape index (κ2) is 5.83. The van der Waals surface area contributed by atoms with E-state index in [2.05, 4.69) is 0 Å². The molecule has 20 heavy (non-hydrogen) atoms. The van der Waals surface area contributed by atoms with Gasteiger partial charge in [0.15, 0.2) is 0 Å². The fourth-order valence-corrected chi connectivity index (χ4v) is 1.88. The van der Waals surface area contributed by atoms with Gasteiger partial charge >= 0.3 is 5.97 Å². The van der Waals surface area contributed by atoms with Crippen LogP contribution >= 0.6 is 23.2 Å². The van der Waals surface area contributed by atoms with E-state index in [4.69, 9.17) is 38.3 Å². The van der Waals surface area contributed by atoms with Crippen LogP contribution in [0.3, 0.4) is 0 Å². The molecule has 2 aromatic rings. The van der Waals surface area contributed by atoms with Gasteiger partial charge in [-0.2, -0.15) is 5.26 Å². The molecule has 0 saturated carbocycles. The highest BCUT2D eigenvalue weighted by Gasteiger charge is 2.14. The second-order valence-electron chi connectivity index (χ2n) is 3.80. The van der Waals surface area contributed by atoms with E-state index in [0.717, 1.165) is 0 Å². The first-order valence-corrected chi connectivity index (χ1v) is 6.17. The second-order valence-corrected chi connectivity index (χ2v) is 4.67. The van der Waals surface area contributed by atoms with Crippen molar-refractivity contribution in [2.45, 2.75) is 0 Å².